The van der Waals surface area contributed by atoms with Crippen LogP contribution in [0.3, 0.4) is 0 Å². The molecule has 0 radical (unpaired) electrons. The van der Waals surface area contributed by atoms with Gasteiger partial charge >= 0.3 is 0 Å². The third-order valence-electron chi connectivity index (χ3n) is 5.42. The number of amides is 2. The number of carbonyl (C=O) groups is 2. The summed E-state index contributed by atoms with van der Waals surface area (Å²) in [5.74, 6) is 0.587. The van der Waals surface area contributed by atoms with Crippen LogP contribution in [0, 0.1) is 13.8 Å². The summed E-state index contributed by atoms with van der Waals surface area (Å²) in [6.07, 6.45) is 1.60. The van der Waals surface area contributed by atoms with Gasteiger partial charge in [-0.25, -0.2) is 5.43 Å². The summed E-state index contributed by atoms with van der Waals surface area (Å²) in [4.78, 5) is 24.4. The zero-order valence-electron chi connectivity index (χ0n) is 20.6. The Balaban J connectivity index is 1.54. The molecular formula is C28H30BrN3O4. The fraction of sp³-hybridized carbons (Fsp3) is 0.250. The molecule has 0 aliphatic carbocycles. The average Bonchev–Trinajstić information content (AvgIpc) is 2.86. The summed E-state index contributed by atoms with van der Waals surface area (Å²) >= 11 is 3.54. The molecule has 7 nitrogen and oxygen atoms in total. The van der Waals surface area contributed by atoms with E-state index in [0.717, 1.165) is 22.4 Å². The molecule has 36 heavy (non-hydrogen) atoms. The molecule has 0 atom stereocenters. The lowest BCUT2D eigenvalue weighted by Gasteiger charge is -2.14. The number of hydrogen-bond donors (Lipinski definition) is 2. The zero-order valence-corrected chi connectivity index (χ0v) is 22.2. The van der Waals surface area contributed by atoms with Crippen LogP contribution in [-0.2, 0) is 16.2 Å². The first-order valence-electron chi connectivity index (χ1n) is 11.7. The van der Waals surface area contributed by atoms with Crippen LogP contribution in [0.5, 0.6) is 11.5 Å². The van der Waals surface area contributed by atoms with Crippen LogP contribution in [0.4, 0.5) is 5.69 Å². The molecule has 3 aromatic carbocycles. The Hall–Kier alpha value is -3.65. The number of hydrogen-bond acceptors (Lipinski definition) is 5. The van der Waals surface area contributed by atoms with Crippen LogP contribution in [0.1, 0.15) is 42.0 Å². The summed E-state index contributed by atoms with van der Waals surface area (Å²) in [6, 6.07) is 19.2. The van der Waals surface area contributed by atoms with E-state index in [1.165, 1.54) is 6.21 Å². The number of aryl methyl sites for hydroxylation is 1. The van der Waals surface area contributed by atoms with Crippen molar-refractivity contribution in [1.29, 1.82) is 0 Å². The molecule has 0 saturated carbocycles. The maximum Gasteiger partial charge on any atom is 0.240 e. The monoisotopic (exact) mass is 551 g/mol. The third-order valence-corrected chi connectivity index (χ3v) is 6.01. The highest BCUT2D eigenvalue weighted by Gasteiger charge is 2.13. The van der Waals surface area contributed by atoms with Crippen LogP contribution in [0.2, 0.25) is 0 Å². The van der Waals surface area contributed by atoms with Crippen LogP contribution < -0.4 is 20.2 Å². The molecule has 0 fully saturated rings. The summed E-state index contributed by atoms with van der Waals surface area (Å²) in [5.41, 5.74) is 7.08. The van der Waals surface area contributed by atoms with Gasteiger partial charge in [0.1, 0.15) is 6.61 Å². The molecule has 3 aromatic rings. The van der Waals surface area contributed by atoms with Gasteiger partial charge in [-0.05, 0) is 77.2 Å². The topological polar surface area (TPSA) is 89.0 Å². The summed E-state index contributed by atoms with van der Waals surface area (Å²) in [7, 11) is 0. The first-order valence-corrected chi connectivity index (χ1v) is 12.5. The lowest BCUT2D eigenvalue weighted by molar-refractivity contribution is -0.124. The Kier molecular flexibility index (Phi) is 10.1. The number of carbonyl (C=O) groups excluding carboxylic acids is 2. The highest BCUT2D eigenvalue weighted by Crippen LogP contribution is 2.37. The fourth-order valence-corrected chi connectivity index (χ4v) is 3.93. The second-order valence-electron chi connectivity index (χ2n) is 8.13. The predicted molar refractivity (Wildman–Crippen MR) is 146 cm³/mol. The maximum absolute atomic E-state index is 12.2. The minimum absolute atomic E-state index is 0.0220. The molecular weight excluding hydrogens is 522 g/mol. The predicted octanol–water partition coefficient (Wildman–Crippen LogP) is 5.91. The van der Waals surface area contributed by atoms with Crippen molar-refractivity contribution in [3.63, 3.8) is 0 Å². The quantitative estimate of drug-likeness (QED) is 0.229. The van der Waals surface area contributed by atoms with E-state index in [-0.39, 0.29) is 24.7 Å². The Morgan fingerprint density at radius 2 is 1.72 bits per heavy atom. The van der Waals surface area contributed by atoms with Gasteiger partial charge < -0.3 is 14.8 Å². The normalized spacial score (nSPS) is 10.8. The second kappa shape index (κ2) is 13.4. The van der Waals surface area contributed by atoms with Gasteiger partial charge in [0, 0.05) is 18.5 Å². The van der Waals surface area contributed by atoms with Gasteiger partial charge in [0.2, 0.25) is 11.8 Å². The van der Waals surface area contributed by atoms with Crippen LogP contribution in [0.25, 0.3) is 0 Å². The molecule has 2 N–H and O–H groups in total. The third kappa shape index (κ3) is 7.95. The minimum atomic E-state index is -0.353. The number of halogens is 1. The number of ether oxygens (including phenoxy) is 2. The molecule has 0 unspecified atom stereocenters. The van der Waals surface area contributed by atoms with E-state index in [1.54, 1.807) is 6.07 Å². The van der Waals surface area contributed by atoms with Crippen molar-refractivity contribution >= 4 is 39.6 Å². The highest BCUT2D eigenvalue weighted by atomic mass is 79.9. The highest BCUT2D eigenvalue weighted by molar-refractivity contribution is 9.10. The van der Waals surface area contributed by atoms with Gasteiger partial charge in [-0.1, -0.05) is 42.5 Å². The Bertz CT molecular complexity index is 1230. The Morgan fingerprint density at radius 3 is 2.47 bits per heavy atom. The van der Waals surface area contributed by atoms with E-state index in [2.05, 4.69) is 31.8 Å². The molecule has 0 aliphatic rings. The molecule has 0 aliphatic heterocycles. The smallest absolute Gasteiger partial charge is 0.240 e. The molecule has 188 valence electrons. The van der Waals surface area contributed by atoms with Crippen LogP contribution in [-0.4, -0.2) is 24.6 Å². The molecule has 0 spiro atoms. The van der Waals surface area contributed by atoms with Gasteiger partial charge in [-0.2, -0.15) is 5.10 Å². The molecule has 3 rings (SSSR count). The number of nitrogens with zero attached hydrogens (tertiary/aromatic N) is 1. The van der Waals surface area contributed by atoms with Gasteiger partial charge in [-0.15, -0.1) is 0 Å². The molecule has 0 saturated heterocycles. The second-order valence-corrected chi connectivity index (χ2v) is 8.98. The van der Waals surface area contributed by atoms with Crippen molar-refractivity contribution in [2.24, 2.45) is 5.10 Å². The van der Waals surface area contributed by atoms with Crippen LogP contribution >= 0.6 is 15.9 Å². The van der Waals surface area contributed by atoms with E-state index in [0.29, 0.717) is 34.7 Å². The fourth-order valence-electron chi connectivity index (χ4n) is 3.36. The Morgan fingerprint density at radius 1 is 0.972 bits per heavy atom. The number of anilines is 1. The Labute approximate surface area is 220 Å². The lowest BCUT2D eigenvalue weighted by Crippen LogP contribution is -2.21. The van der Waals surface area contributed by atoms with E-state index in [4.69, 9.17) is 9.47 Å². The van der Waals surface area contributed by atoms with Crippen molar-refractivity contribution < 1.29 is 19.1 Å². The number of benzene rings is 3. The zero-order chi connectivity index (χ0) is 25.9. The van der Waals surface area contributed by atoms with Crippen LogP contribution in [0.15, 0.2) is 70.2 Å². The number of rotatable bonds is 11. The van der Waals surface area contributed by atoms with E-state index in [1.807, 2.05) is 75.4 Å². The molecule has 0 aromatic heterocycles. The summed E-state index contributed by atoms with van der Waals surface area (Å²) in [5, 5.41) is 6.87. The van der Waals surface area contributed by atoms with Gasteiger partial charge in [0.05, 0.1) is 17.3 Å². The molecule has 8 heteroatoms. The lowest BCUT2D eigenvalue weighted by atomic mass is 10.1. The maximum atomic E-state index is 12.2. The van der Waals surface area contributed by atoms with Gasteiger partial charge in [0.25, 0.3) is 0 Å². The van der Waals surface area contributed by atoms with Crippen molar-refractivity contribution in [3.05, 3.63) is 87.4 Å². The van der Waals surface area contributed by atoms with Gasteiger partial charge in [0.15, 0.2) is 11.5 Å². The molecule has 2 amide bonds. The standard InChI is InChI=1S/C28H30BrN3O4/c1-4-35-25-16-22(15-23(29)28(25)36-18-21-10-6-5-7-11-21)17-30-32-27(34)14-13-26(33)31-24-12-8-9-19(2)20(24)3/h5-12,15-17H,4,13-14,18H2,1-3H3,(H,31,33)(H,32,34). The number of nitrogens with one attached hydrogen (secondary N) is 2. The van der Waals surface area contributed by atoms with Crippen molar-refractivity contribution in [2.45, 2.75) is 40.2 Å². The average molecular weight is 552 g/mol. The first-order chi connectivity index (χ1) is 17.4. The van der Waals surface area contributed by atoms with E-state index < -0.39 is 0 Å². The van der Waals surface area contributed by atoms with E-state index >= 15 is 0 Å². The number of hydrazone groups is 1. The van der Waals surface area contributed by atoms with Crippen molar-refractivity contribution in [3.8, 4) is 11.5 Å². The minimum Gasteiger partial charge on any atom is -0.490 e. The SMILES string of the molecule is CCOc1cc(C=NNC(=O)CCC(=O)Nc2cccc(C)c2C)cc(Br)c1OCc1ccccc1. The van der Waals surface area contributed by atoms with Crippen molar-refractivity contribution in [2.75, 3.05) is 11.9 Å². The largest absolute Gasteiger partial charge is 0.490 e. The first kappa shape index (κ1) is 26.9. The summed E-state index contributed by atoms with van der Waals surface area (Å²) < 4.78 is 12.5. The van der Waals surface area contributed by atoms with Gasteiger partial charge in [-0.3, -0.25) is 9.59 Å². The summed E-state index contributed by atoms with van der Waals surface area (Å²) in [6.45, 7) is 6.70. The molecule has 0 heterocycles. The van der Waals surface area contributed by atoms with Crippen molar-refractivity contribution in [1.82, 2.24) is 5.43 Å². The molecule has 0 bridgehead atoms. The van der Waals surface area contributed by atoms with E-state index in [9.17, 15) is 9.59 Å².